The number of nitrogens with one attached hydrogen (secondary N) is 2. The SMILES string of the molecule is CCC1(C(=O)NCC2(N(C)C)CCCC(C)C2)CCCN1.Cl.Cl. The van der Waals surface area contributed by atoms with E-state index in [2.05, 4.69) is 43.5 Å². The van der Waals surface area contributed by atoms with Crippen molar-refractivity contribution in [3.8, 4) is 0 Å². The molecule has 3 atom stereocenters. The molecule has 0 aromatic heterocycles. The first-order chi connectivity index (χ1) is 9.94. The van der Waals surface area contributed by atoms with Gasteiger partial charge in [-0.25, -0.2) is 0 Å². The average Bonchev–Trinajstić information content (AvgIpc) is 2.95. The molecule has 4 nitrogen and oxygen atoms in total. The zero-order chi connectivity index (χ0) is 15.5. The number of carbonyl (C=O) groups excluding carboxylic acids is 1. The zero-order valence-corrected chi connectivity index (χ0v) is 16.7. The number of hydrogen-bond donors (Lipinski definition) is 2. The Labute approximate surface area is 154 Å². The van der Waals surface area contributed by atoms with E-state index in [0.29, 0.717) is 0 Å². The number of halogens is 2. The first-order valence-electron chi connectivity index (χ1n) is 8.65. The van der Waals surface area contributed by atoms with Crippen LogP contribution >= 0.6 is 24.8 Å². The van der Waals surface area contributed by atoms with Crippen LogP contribution in [-0.4, -0.2) is 49.1 Å². The second-order valence-corrected chi connectivity index (χ2v) is 7.47. The Kier molecular flexibility index (Phi) is 9.44. The monoisotopic (exact) mass is 367 g/mol. The van der Waals surface area contributed by atoms with Crippen molar-refractivity contribution in [2.75, 3.05) is 27.2 Å². The summed E-state index contributed by atoms with van der Waals surface area (Å²) in [6, 6.07) is 0. The summed E-state index contributed by atoms with van der Waals surface area (Å²) in [4.78, 5) is 15.0. The second kappa shape index (κ2) is 9.45. The van der Waals surface area contributed by atoms with Crippen LogP contribution in [0.1, 0.15) is 58.8 Å². The number of hydrogen-bond acceptors (Lipinski definition) is 3. The zero-order valence-electron chi connectivity index (χ0n) is 15.1. The predicted molar refractivity (Wildman–Crippen MR) is 102 cm³/mol. The van der Waals surface area contributed by atoms with E-state index in [1.165, 1.54) is 25.7 Å². The van der Waals surface area contributed by atoms with E-state index in [1.54, 1.807) is 0 Å². The van der Waals surface area contributed by atoms with Crippen LogP contribution in [0.2, 0.25) is 0 Å². The van der Waals surface area contributed by atoms with Gasteiger partial charge in [0.05, 0.1) is 5.54 Å². The predicted octanol–water partition coefficient (Wildman–Crippen LogP) is 2.99. The minimum atomic E-state index is -0.312. The number of nitrogens with zero attached hydrogens (tertiary/aromatic N) is 1. The van der Waals surface area contributed by atoms with Crippen molar-refractivity contribution in [1.82, 2.24) is 15.5 Å². The summed E-state index contributed by atoms with van der Waals surface area (Å²) in [6.45, 7) is 6.21. The lowest BCUT2D eigenvalue weighted by Gasteiger charge is -2.45. The highest BCUT2D eigenvalue weighted by Crippen LogP contribution is 2.35. The quantitative estimate of drug-likeness (QED) is 0.784. The van der Waals surface area contributed by atoms with E-state index in [9.17, 15) is 4.79 Å². The Morgan fingerprint density at radius 1 is 1.26 bits per heavy atom. The van der Waals surface area contributed by atoms with E-state index in [-0.39, 0.29) is 41.8 Å². The molecule has 2 fully saturated rings. The van der Waals surface area contributed by atoms with Crippen LogP contribution in [0.25, 0.3) is 0 Å². The topological polar surface area (TPSA) is 44.4 Å². The number of rotatable bonds is 5. The molecule has 0 bridgehead atoms. The lowest BCUT2D eigenvalue weighted by molar-refractivity contribution is -0.128. The van der Waals surface area contributed by atoms with Gasteiger partial charge in [0, 0.05) is 12.1 Å². The maximum absolute atomic E-state index is 12.7. The number of carbonyl (C=O) groups is 1. The third kappa shape index (κ3) is 4.97. The van der Waals surface area contributed by atoms with Crippen LogP contribution in [0.4, 0.5) is 0 Å². The third-order valence-corrected chi connectivity index (χ3v) is 5.88. The summed E-state index contributed by atoms with van der Waals surface area (Å²) in [5.74, 6) is 0.963. The van der Waals surface area contributed by atoms with Crippen LogP contribution in [0.5, 0.6) is 0 Å². The summed E-state index contributed by atoms with van der Waals surface area (Å²) in [6.07, 6.45) is 7.93. The summed E-state index contributed by atoms with van der Waals surface area (Å²) in [5.41, 5.74) is -0.172. The normalized spacial score (nSPS) is 33.7. The first kappa shape index (κ1) is 23.0. The average molecular weight is 368 g/mol. The van der Waals surface area contributed by atoms with Gasteiger partial charge in [-0.3, -0.25) is 4.79 Å². The molecule has 1 amide bonds. The van der Waals surface area contributed by atoms with Gasteiger partial charge < -0.3 is 15.5 Å². The fourth-order valence-corrected chi connectivity index (χ4v) is 4.23. The molecule has 3 unspecified atom stereocenters. The molecule has 1 saturated carbocycles. The maximum Gasteiger partial charge on any atom is 0.240 e. The van der Waals surface area contributed by atoms with Crippen molar-refractivity contribution in [3.63, 3.8) is 0 Å². The van der Waals surface area contributed by atoms with E-state index in [0.717, 1.165) is 38.3 Å². The summed E-state index contributed by atoms with van der Waals surface area (Å²) >= 11 is 0. The van der Waals surface area contributed by atoms with Crippen LogP contribution in [0, 0.1) is 5.92 Å². The molecule has 1 saturated heterocycles. The minimum Gasteiger partial charge on any atom is -0.353 e. The van der Waals surface area contributed by atoms with Crippen molar-refractivity contribution in [2.24, 2.45) is 5.92 Å². The highest BCUT2D eigenvalue weighted by atomic mass is 35.5. The van der Waals surface area contributed by atoms with Crippen LogP contribution in [-0.2, 0) is 4.79 Å². The molecule has 138 valence electrons. The molecular weight excluding hydrogens is 333 g/mol. The molecule has 1 aliphatic heterocycles. The largest absolute Gasteiger partial charge is 0.353 e. The molecular formula is C17H35Cl2N3O. The lowest BCUT2D eigenvalue weighted by Crippen LogP contribution is -2.59. The fourth-order valence-electron chi connectivity index (χ4n) is 4.23. The Hall–Kier alpha value is -0.0300. The molecule has 1 heterocycles. The molecule has 0 aromatic rings. The Morgan fingerprint density at radius 3 is 2.43 bits per heavy atom. The molecule has 1 aliphatic carbocycles. The van der Waals surface area contributed by atoms with Crippen molar-refractivity contribution in [3.05, 3.63) is 0 Å². The van der Waals surface area contributed by atoms with Crippen molar-refractivity contribution in [2.45, 2.75) is 69.9 Å². The molecule has 0 spiro atoms. The van der Waals surface area contributed by atoms with Gasteiger partial charge in [0.15, 0.2) is 0 Å². The molecule has 2 aliphatic rings. The Balaban J connectivity index is 0.00000242. The fraction of sp³-hybridized carbons (Fsp3) is 0.941. The van der Waals surface area contributed by atoms with Crippen molar-refractivity contribution in [1.29, 1.82) is 0 Å². The van der Waals surface area contributed by atoms with Gasteiger partial charge >= 0.3 is 0 Å². The van der Waals surface area contributed by atoms with E-state index in [1.807, 2.05) is 0 Å². The molecule has 2 N–H and O–H groups in total. The first-order valence-corrected chi connectivity index (χ1v) is 8.65. The van der Waals surface area contributed by atoms with Gasteiger partial charge in [0.1, 0.15) is 0 Å². The summed E-state index contributed by atoms with van der Waals surface area (Å²) < 4.78 is 0. The van der Waals surface area contributed by atoms with Crippen molar-refractivity contribution < 1.29 is 4.79 Å². The highest BCUT2D eigenvalue weighted by molar-refractivity contribution is 5.86. The number of likely N-dealkylation sites (N-methyl/N-ethyl adjacent to an activating group) is 1. The molecule has 0 aromatic carbocycles. The molecule has 0 radical (unpaired) electrons. The lowest BCUT2D eigenvalue weighted by atomic mass is 9.75. The van der Waals surface area contributed by atoms with Gasteiger partial charge in [-0.15, -0.1) is 24.8 Å². The van der Waals surface area contributed by atoms with Gasteiger partial charge in [-0.05, 0) is 58.7 Å². The van der Waals surface area contributed by atoms with Crippen LogP contribution in [0.3, 0.4) is 0 Å². The smallest absolute Gasteiger partial charge is 0.240 e. The van der Waals surface area contributed by atoms with E-state index >= 15 is 0 Å². The van der Waals surface area contributed by atoms with E-state index < -0.39 is 0 Å². The molecule has 6 heteroatoms. The van der Waals surface area contributed by atoms with Crippen molar-refractivity contribution >= 4 is 30.7 Å². The van der Waals surface area contributed by atoms with Gasteiger partial charge in [0.2, 0.25) is 5.91 Å². The standard InChI is InChI=1S/C17H33N3O.2ClH/c1-5-17(10-7-11-19-17)15(21)18-13-16(20(3)4)9-6-8-14(2)12-16;;/h14,19H,5-13H2,1-4H3,(H,18,21);2*1H. The maximum atomic E-state index is 12.7. The van der Waals surface area contributed by atoms with Gasteiger partial charge in [-0.1, -0.05) is 26.7 Å². The third-order valence-electron chi connectivity index (χ3n) is 5.88. The number of amides is 1. The van der Waals surface area contributed by atoms with Crippen LogP contribution in [0.15, 0.2) is 0 Å². The van der Waals surface area contributed by atoms with Gasteiger partial charge in [-0.2, -0.15) is 0 Å². The Morgan fingerprint density at radius 2 is 1.96 bits per heavy atom. The second-order valence-electron chi connectivity index (χ2n) is 7.47. The van der Waals surface area contributed by atoms with E-state index in [4.69, 9.17) is 0 Å². The molecule has 23 heavy (non-hydrogen) atoms. The van der Waals surface area contributed by atoms with Crippen LogP contribution < -0.4 is 10.6 Å². The Bertz CT molecular complexity index is 373. The van der Waals surface area contributed by atoms with Gasteiger partial charge in [0.25, 0.3) is 0 Å². The summed E-state index contributed by atoms with van der Waals surface area (Å²) in [7, 11) is 4.32. The highest BCUT2D eigenvalue weighted by Gasteiger charge is 2.42. The molecule has 2 rings (SSSR count). The summed E-state index contributed by atoms with van der Waals surface area (Å²) in [5, 5.41) is 6.72. The minimum absolute atomic E-state index is 0.